The van der Waals surface area contributed by atoms with Crippen molar-refractivity contribution in [3.8, 4) is 11.5 Å². The molecule has 22 heavy (non-hydrogen) atoms. The minimum atomic E-state index is -0.394. The first-order chi connectivity index (χ1) is 10.7. The number of para-hydroxylation sites is 2. The number of carbonyl (C=O) groups excluding carboxylic acids is 1. The van der Waals surface area contributed by atoms with Gasteiger partial charge in [0.2, 0.25) is 6.10 Å². The number of ether oxygens (including phenoxy) is 2. The summed E-state index contributed by atoms with van der Waals surface area (Å²) in [6.07, 6.45) is 0.979. The van der Waals surface area contributed by atoms with Crippen LogP contribution in [0.5, 0.6) is 11.5 Å². The summed E-state index contributed by atoms with van der Waals surface area (Å²) in [7, 11) is 0. The molecule has 0 saturated heterocycles. The van der Waals surface area contributed by atoms with E-state index in [0.717, 1.165) is 17.9 Å². The summed E-state index contributed by atoms with van der Waals surface area (Å²) in [6.45, 7) is 1.93. The zero-order valence-corrected chi connectivity index (χ0v) is 13.0. The third-order valence-electron chi connectivity index (χ3n) is 3.10. The summed E-state index contributed by atoms with van der Waals surface area (Å²) < 4.78 is 17.0. The molecule has 6 nitrogen and oxygen atoms in total. The average Bonchev–Trinajstić information content (AvgIpc) is 3.00. The predicted molar refractivity (Wildman–Crippen MR) is 80.2 cm³/mol. The fourth-order valence-corrected chi connectivity index (χ4v) is 2.74. The molecule has 2 heterocycles. The van der Waals surface area contributed by atoms with Gasteiger partial charge in [-0.05, 0) is 25.5 Å². The lowest BCUT2D eigenvalue weighted by atomic mass is 10.2. The van der Waals surface area contributed by atoms with Crippen LogP contribution in [0.3, 0.4) is 0 Å². The van der Waals surface area contributed by atoms with Crippen LogP contribution in [-0.4, -0.2) is 28.3 Å². The molecule has 116 valence electrons. The molecular weight excluding hydrogens is 304 g/mol. The largest absolute Gasteiger partial charge is 0.485 e. The Labute approximate surface area is 132 Å². The van der Waals surface area contributed by atoms with Gasteiger partial charge in [-0.2, -0.15) is 0 Å². The molecule has 1 aliphatic heterocycles. The fraction of sp³-hybridized carbons (Fsp3) is 0.400. The van der Waals surface area contributed by atoms with E-state index in [-0.39, 0.29) is 5.78 Å². The van der Waals surface area contributed by atoms with E-state index in [1.807, 2.05) is 24.3 Å². The normalized spacial score (nSPS) is 16.5. The van der Waals surface area contributed by atoms with Crippen LogP contribution in [0.25, 0.3) is 0 Å². The van der Waals surface area contributed by atoms with Crippen molar-refractivity contribution in [3.05, 3.63) is 30.2 Å². The second-order valence-electron chi connectivity index (χ2n) is 4.92. The Morgan fingerprint density at radius 3 is 2.95 bits per heavy atom. The number of Topliss-reactive ketones (excluding diaryl/α,β-unsaturated/α-hetero) is 1. The summed E-state index contributed by atoms with van der Waals surface area (Å²) in [6, 6.07) is 7.48. The van der Waals surface area contributed by atoms with Crippen molar-refractivity contribution < 1.29 is 18.7 Å². The monoisotopic (exact) mass is 320 g/mol. The molecule has 7 heteroatoms. The molecule has 0 saturated carbocycles. The third-order valence-corrected chi connectivity index (χ3v) is 4.01. The minimum absolute atomic E-state index is 0.193. The second kappa shape index (κ2) is 6.83. The number of fused-ring (bicyclic) bond motifs is 1. The summed E-state index contributed by atoms with van der Waals surface area (Å²) in [5, 5.41) is 8.49. The first-order valence-corrected chi connectivity index (χ1v) is 8.05. The second-order valence-corrected chi connectivity index (χ2v) is 5.97. The highest BCUT2D eigenvalue weighted by atomic mass is 32.2. The van der Waals surface area contributed by atoms with Crippen LogP contribution in [0.15, 0.2) is 33.9 Å². The zero-order chi connectivity index (χ0) is 15.4. The topological polar surface area (TPSA) is 74.5 Å². The molecule has 0 N–H and O–H groups in total. The van der Waals surface area contributed by atoms with E-state index in [0.29, 0.717) is 29.9 Å². The number of nitrogens with zero attached hydrogens (tertiary/aromatic N) is 2. The molecule has 1 aliphatic rings. The van der Waals surface area contributed by atoms with Crippen molar-refractivity contribution in [1.82, 2.24) is 10.2 Å². The number of hydrogen-bond donors (Lipinski definition) is 0. The highest BCUT2D eigenvalue weighted by Gasteiger charge is 2.27. The number of aromatic nitrogens is 2. The highest BCUT2D eigenvalue weighted by Crippen LogP contribution is 2.35. The first-order valence-electron chi connectivity index (χ1n) is 7.06. The van der Waals surface area contributed by atoms with Gasteiger partial charge in [0.25, 0.3) is 11.1 Å². The number of rotatable bonds is 6. The molecule has 0 radical (unpaired) electrons. The van der Waals surface area contributed by atoms with Crippen LogP contribution >= 0.6 is 11.8 Å². The number of benzene rings is 1. The zero-order valence-electron chi connectivity index (χ0n) is 12.2. The van der Waals surface area contributed by atoms with Crippen molar-refractivity contribution >= 4 is 17.5 Å². The average molecular weight is 320 g/mol. The molecule has 0 bridgehead atoms. The van der Waals surface area contributed by atoms with Crippen molar-refractivity contribution in [3.63, 3.8) is 0 Å². The molecule has 1 unspecified atom stereocenters. The molecule has 0 amide bonds. The van der Waals surface area contributed by atoms with E-state index in [9.17, 15) is 4.79 Å². The van der Waals surface area contributed by atoms with E-state index in [2.05, 4.69) is 10.2 Å². The van der Waals surface area contributed by atoms with Crippen LogP contribution in [0, 0.1) is 0 Å². The molecule has 1 atom stereocenters. The maximum Gasteiger partial charge on any atom is 0.276 e. The fourth-order valence-electron chi connectivity index (χ4n) is 2.03. The quantitative estimate of drug-likeness (QED) is 0.598. The van der Waals surface area contributed by atoms with Gasteiger partial charge in [0, 0.05) is 12.2 Å². The summed E-state index contributed by atoms with van der Waals surface area (Å²) in [5.74, 6) is 2.76. The van der Waals surface area contributed by atoms with Crippen molar-refractivity contribution in [2.45, 2.75) is 31.1 Å². The van der Waals surface area contributed by atoms with E-state index in [1.54, 1.807) is 6.92 Å². The Kier molecular flexibility index (Phi) is 4.62. The lowest BCUT2D eigenvalue weighted by molar-refractivity contribution is -0.117. The summed E-state index contributed by atoms with van der Waals surface area (Å²) >= 11 is 1.44. The third kappa shape index (κ3) is 3.59. The Hall–Kier alpha value is -2.02. The van der Waals surface area contributed by atoms with Crippen molar-refractivity contribution in [1.29, 1.82) is 0 Å². The van der Waals surface area contributed by atoms with Gasteiger partial charge >= 0.3 is 0 Å². The van der Waals surface area contributed by atoms with Crippen molar-refractivity contribution in [2.75, 3.05) is 12.4 Å². The maximum atomic E-state index is 10.9. The SMILES string of the molecule is CC(=O)CCCSc1nnc(C2COc3ccccc3O2)o1. The Bertz CT molecular complexity index is 658. The van der Waals surface area contributed by atoms with Gasteiger partial charge < -0.3 is 18.7 Å². The Morgan fingerprint density at radius 1 is 1.32 bits per heavy atom. The van der Waals surface area contributed by atoms with Gasteiger partial charge in [-0.1, -0.05) is 23.9 Å². The van der Waals surface area contributed by atoms with Crippen molar-refractivity contribution in [2.24, 2.45) is 0 Å². The lowest BCUT2D eigenvalue weighted by Crippen LogP contribution is -2.21. The molecule has 0 spiro atoms. The van der Waals surface area contributed by atoms with E-state index in [4.69, 9.17) is 13.9 Å². The molecule has 1 aromatic heterocycles. The molecule has 1 aromatic carbocycles. The lowest BCUT2D eigenvalue weighted by Gasteiger charge is -2.23. The Morgan fingerprint density at radius 2 is 2.14 bits per heavy atom. The smallest absolute Gasteiger partial charge is 0.276 e. The van der Waals surface area contributed by atoms with Gasteiger partial charge in [0.15, 0.2) is 11.5 Å². The minimum Gasteiger partial charge on any atom is -0.485 e. The number of thioether (sulfide) groups is 1. The van der Waals surface area contributed by atoms with Crippen LogP contribution in [0.1, 0.15) is 31.8 Å². The van der Waals surface area contributed by atoms with Crippen LogP contribution in [0.2, 0.25) is 0 Å². The summed E-state index contributed by atoms with van der Waals surface area (Å²) in [4.78, 5) is 10.9. The van der Waals surface area contributed by atoms with Gasteiger partial charge in [-0.15, -0.1) is 10.2 Å². The molecule has 2 aromatic rings. The van der Waals surface area contributed by atoms with Gasteiger partial charge in [0.05, 0.1) is 0 Å². The predicted octanol–water partition coefficient (Wildman–Crippen LogP) is 3.04. The van der Waals surface area contributed by atoms with E-state index >= 15 is 0 Å². The highest BCUT2D eigenvalue weighted by molar-refractivity contribution is 7.99. The standard InChI is InChI=1S/C15H16N2O4S/c1-10(18)5-4-8-22-15-17-16-14(21-15)13-9-19-11-6-2-3-7-12(11)20-13/h2-3,6-7,13H,4-5,8-9H2,1H3. The van der Waals surface area contributed by atoms with E-state index < -0.39 is 6.10 Å². The number of hydrogen-bond acceptors (Lipinski definition) is 7. The first kappa shape index (κ1) is 14.9. The molecule has 0 aliphatic carbocycles. The van der Waals surface area contributed by atoms with Gasteiger partial charge in [-0.25, -0.2) is 0 Å². The molecule has 3 rings (SSSR count). The Balaban J connectivity index is 1.57. The molecule has 0 fully saturated rings. The maximum absolute atomic E-state index is 10.9. The summed E-state index contributed by atoms with van der Waals surface area (Å²) in [5.41, 5.74) is 0. The molecular formula is C15H16N2O4S. The van der Waals surface area contributed by atoms with Gasteiger partial charge in [0.1, 0.15) is 12.4 Å². The van der Waals surface area contributed by atoms with Crippen LogP contribution in [-0.2, 0) is 4.79 Å². The number of ketones is 1. The van der Waals surface area contributed by atoms with Crippen LogP contribution in [0.4, 0.5) is 0 Å². The van der Waals surface area contributed by atoms with Crippen LogP contribution < -0.4 is 9.47 Å². The number of carbonyl (C=O) groups is 1. The van der Waals surface area contributed by atoms with E-state index in [1.165, 1.54) is 11.8 Å². The van der Waals surface area contributed by atoms with Gasteiger partial charge in [-0.3, -0.25) is 0 Å².